The predicted octanol–water partition coefficient (Wildman–Crippen LogP) is 3.21. The standard InChI is InChI=1S/C16H15ClN2O3/c1-2-22-15-9-11(7-8-14(15)20)10-18-19-16(21)12-5-3-4-6-13(12)17/h3-10,20H,2H2,1H3,(H,19,21). The Morgan fingerprint density at radius 3 is 2.86 bits per heavy atom. The van der Waals surface area contributed by atoms with Crippen molar-refractivity contribution in [2.24, 2.45) is 5.10 Å². The van der Waals surface area contributed by atoms with Crippen molar-refractivity contribution in [2.75, 3.05) is 6.61 Å². The maximum atomic E-state index is 11.9. The number of nitrogens with one attached hydrogen (secondary N) is 1. The predicted molar refractivity (Wildman–Crippen MR) is 85.8 cm³/mol. The molecule has 0 heterocycles. The molecule has 0 atom stereocenters. The monoisotopic (exact) mass is 318 g/mol. The number of nitrogens with zero attached hydrogens (tertiary/aromatic N) is 1. The number of amides is 1. The summed E-state index contributed by atoms with van der Waals surface area (Å²) < 4.78 is 5.27. The molecule has 0 aromatic heterocycles. The first-order chi connectivity index (χ1) is 10.6. The van der Waals surface area contributed by atoms with Gasteiger partial charge in [-0.3, -0.25) is 4.79 Å². The first-order valence-electron chi connectivity index (χ1n) is 6.65. The molecule has 6 heteroatoms. The van der Waals surface area contributed by atoms with Gasteiger partial charge in [-0.05, 0) is 42.8 Å². The molecule has 0 aliphatic carbocycles. The lowest BCUT2D eigenvalue weighted by atomic mass is 10.2. The second kappa shape index (κ2) is 7.47. The average Bonchev–Trinajstić information content (AvgIpc) is 2.51. The number of ether oxygens (including phenoxy) is 1. The zero-order chi connectivity index (χ0) is 15.9. The van der Waals surface area contributed by atoms with E-state index in [0.29, 0.717) is 28.5 Å². The molecule has 2 aromatic carbocycles. The Labute approximate surface area is 133 Å². The fourth-order valence-corrected chi connectivity index (χ4v) is 1.97. The van der Waals surface area contributed by atoms with E-state index in [1.165, 1.54) is 12.3 Å². The summed E-state index contributed by atoms with van der Waals surface area (Å²) in [5.74, 6) is 0.0219. The molecule has 0 aliphatic heterocycles. The van der Waals surface area contributed by atoms with Crippen molar-refractivity contribution in [3.05, 3.63) is 58.6 Å². The molecule has 0 unspecified atom stereocenters. The van der Waals surface area contributed by atoms with Gasteiger partial charge in [0.25, 0.3) is 5.91 Å². The van der Waals surface area contributed by atoms with Crippen LogP contribution in [0.15, 0.2) is 47.6 Å². The maximum absolute atomic E-state index is 11.9. The second-order valence-electron chi connectivity index (χ2n) is 4.34. The molecule has 0 saturated carbocycles. The highest BCUT2D eigenvalue weighted by Gasteiger charge is 2.08. The van der Waals surface area contributed by atoms with E-state index in [-0.39, 0.29) is 5.75 Å². The third-order valence-corrected chi connectivity index (χ3v) is 3.11. The zero-order valence-electron chi connectivity index (χ0n) is 11.9. The quantitative estimate of drug-likeness (QED) is 0.657. The minimum absolute atomic E-state index is 0.0547. The number of phenols is 1. The summed E-state index contributed by atoms with van der Waals surface area (Å²) in [7, 11) is 0. The van der Waals surface area contributed by atoms with Gasteiger partial charge in [-0.2, -0.15) is 5.10 Å². The lowest BCUT2D eigenvalue weighted by Gasteiger charge is -2.06. The van der Waals surface area contributed by atoms with E-state index in [2.05, 4.69) is 10.5 Å². The van der Waals surface area contributed by atoms with Crippen LogP contribution in [0.3, 0.4) is 0 Å². The van der Waals surface area contributed by atoms with Gasteiger partial charge in [0.2, 0.25) is 0 Å². The van der Waals surface area contributed by atoms with Crippen LogP contribution in [-0.4, -0.2) is 23.8 Å². The second-order valence-corrected chi connectivity index (χ2v) is 4.75. The minimum Gasteiger partial charge on any atom is -0.504 e. The summed E-state index contributed by atoms with van der Waals surface area (Å²) in [6, 6.07) is 11.5. The number of hydrogen-bond donors (Lipinski definition) is 2. The molecule has 5 nitrogen and oxygen atoms in total. The van der Waals surface area contributed by atoms with Gasteiger partial charge in [0, 0.05) is 0 Å². The Morgan fingerprint density at radius 2 is 2.14 bits per heavy atom. The van der Waals surface area contributed by atoms with E-state index < -0.39 is 5.91 Å². The van der Waals surface area contributed by atoms with Crippen LogP contribution in [0, 0.1) is 0 Å². The van der Waals surface area contributed by atoms with Crippen molar-refractivity contribution >= 4 is 23.7 Å². The lowest BCUT2D eigenvalue weighted by molar-refractivity contribution is 0.0955. The number of rotatable bonds is 5. The number of carbonyl (C=O) groups is 1. The largest absolute Gasteiger partial charge is 0.504 e. The zero-order valence-corrected chi connectivity index (χ0v) is 12.7. The fourth-order valence-electron chi connectivity index (χ4n) is 1.75. The Hall–Kier alpha value is -2.53. The number of halogens is 1. The van der Waals surface area contributed by atoms with Gasteiger partial charge < -0.3 is 9.84 Å². The molecule has 114 valence electrons. The summed E-state index contributed by atoms with van der Waals surface area (Å²) in [5, 5.41) is 13.8. The van der Waals surface area contributed by atoms with E-state index in [0.717, 1.165) is 0 Å². The topological polar surface area (TPSA) is 70.9 Å². The summed E-state index contributed by atoms with van der Waals surface area (Å²) in [6.45, 7) is 2.27. The number of phenolic OH excluding ortho intramolecular Hbond substituents is 1. The molecule has 2 N–H and O–H groups in total. The number of hydrogen-bond acceptors (Lipinski definition) is 4. The third-order valence-electron chi connectivity index (χ3n) is 2.78. The van der Waals surface area contributed by atoms with E-state index in [1.807, 2.05) is 6.92 Å². The van der Waals surface area contributed by atoms with Crippen molar-refractivity contribution in [1.82, 2.24) is 5.43 Å². The smallest absolute Gasteiger partial charge is 0.272 e. The molecular formula is C16H15ClN2O3. The molecule has 0 radical (unpaired) electrons. The molecule has 0 saturated heterocycles. The Bertz CT molecular complexity index is 702. The van der Waals surface area contributed by atoms with E-state index in [9.17, 15) is 9.90 Å². The molecule has 0 aliphatic rings. The first kappa shape index (κ1) is 15.9. The van der Waals surface area contributed by atoms with Gasteiger partial charge in [0.05, 0.1) is 23.4 Å². The first-order valence-corrected chi connectivity index (χ1v) is 7.03. The minimum atomic E-state index is -0.398. The van der Waals surface area contributed by atoms with Crippen molar-refractivity contribution in [3.8, 4) is 11.5 Å². The van der Waals surface area contributed by atoms with E-state index in [1.54, 1.807) is 36.4 Å². The van der Waals surface area contributed by atoms with Crippen LogP contribution < -0.4 is 10.2 Å². The number of hydrazone groups is 1. The molecular weight excluding hydrogens is 304 g/mol. The highest BCUT2D eigenvalue weighted by molar-refractivity contribution is 6.33. The van der Waals surface area contributed by atoms with Crippen molar-refractivity contribution in [1.29, 1.82) is 0 Å². The summed E-state index contributed by atoms with van der Waals surface area (Å²) in [6.07, 6.45) is 1.46. The molecule has 22 heavy (non-hydrogen) atoms. The molecule has 0 spiro atoms. The van der Waals surface area contributed by atoms with Crippen LogP contribution in [-0.2, 0) is 0 Å². The van der Waals surface area contributed by atoms with E-state index >= 15 is 0 Å². The van der Waals surface area contributed by atoms with Gasteiger partial charge in [-0.15, -0.1) is 0 Å². The van der Waals surface area contributed by atoms with Crippen LogP contribution in [0.1, 0.15) is 22.8 Å². The summed E-state index contributed by atoms with van der Waals surface area (Å²) >= 11 is 5.93. The SMILES string of the molecule is CCOc1cc(C=NNC(=O)c2ccccc2Cl)ccc1O. The van der Waals surface area contributed by atoms with Gasteiger partial charge in [0.15, 0.2) is 11.5 Å². The Kier molecular flexibility index (Phi) is 5.38. The normalized spacial score (nSPS) is 10.6. The lowest BCUT2D eigenvalue weighted by Crippen LogP contribution is -2.17. The molecule has 0 bridgehead atoms. The Morgan fingerprint density at radius 1 is 1.36 bits per heavy atom. The van der Waals surface area contributed by atoms with Gasteiger partial charge in [-0.1, -0.05) is 23.7 Å². The molecule has 1 amide bonds. The average molecular weight is 319 g/mol. The van der Waals surface area contributed by atoms with Crippen molar-refractivity contribution in [3.63, 3.8) is 0 Å². The highest BCUT2D eigenvalue weighted by Crippen LogP contribution is 2.26. The molecule has 2 rings (SSSR count). The third kappa shape index (κ3) is 3.99. The van der Waals surface area contributed by atoms with Crippen LogP contribution in [0.5, 0.6) is 11.5 Å². The van der Waals surface area contributed by atoms with Crippen molar-refractivity contribution in [2.45, 2.75) is 6.92 Å². The summed E-state index contributed by atoms with van der Waals surface area (Å²) in [4.78, 5) is 11.9. The molecule has 2 aromatic rings. The van der Waals surface area contributed by atoms with E-state index in [4.69, 9.17) is 16.3 Å². The van der Waals surface area contributed by atoms with Gasteiger partial charge in [-0.25, -0.2) is 5.43 Å². The number of aromatic hydroxyl groups is 1. The van der Waals surface area contributed by atoms with Crippen LogP contribution >= 0.6 is 11.6 Å². The Balaban J connectivity index is 2.05. The van der Waals surface area contributed by atoms with Crippen molar-refractivity contribution < 1.29 is 14.6 Å². The highest BCUT2D eigenvalue weighted by atomic mass is 35.5. The number of benzene rings is 2. The fraction of sp³-hybridized carbons (Fsp3) is 0.125. The number of carbonyl (C=O) groups excluding carboxylic acids is 1. The van der Waals surface area contributed by atoms with Gasteiger partial charge in [0.1, 0.15) is 0 Å². The molecule has 0 fully saturated rings. The maximum Gasteiger partial charge on any atom is 0.272 e. The summed E-state index contributed by atoms with van der Waals surface area (Å²) in [5.41, 5.74) is 3.43. The van der Waals surface area contributed by atoms with Gasteiger partial charge >= 0.3 is 0 Å². The van der Waals surface area contributed by atoms with Crippen LogP contribution in [0.25, 0.3) is 0 Å². The van der Waals surface area contributed by atoms with Crippen LogP contribution in [0.2, 0.25) is 5.02 Å². The van der Waals surface area contributed by atoms with Crippen LogP contribution in [0.4, 0.5) is 0 Å².